The fourth-order valence-corrected chi connectivity index (χ4v) is 4.14. The van der Waals surface area contributed by atoms with Crippen molar-refractivity contribution in [1.82, 2.24) is 30.1 Å². The van der Waals surface area contributed by atoms with E-state index in [9.17, 15) is 9.90 Å². The SMILES string of the molecule is COCCn1nnnc1C(c1cc2cc(OC)c(OC)cc2[nH]c1=O)N1CCC(O)CC1. The van der Waals surface area contributed by atoms with E-state index >= 15 is 0 Å². The Kier molecular flexibility index (Phi) is 6.68. The molecule has 0 bridgehead atoms. The second-order valence-corrected chi connectivity index (χ2v) is 7.77. The van der Waals surface area contributed by atoms with Gasteiger partial charge in [0.15, 0.2) is 17.3 Å². The van der Waals surface area contributed by atoms with Crippen molar-refractivity contribution in [2.45, 2.75) is 31.5 Å². The molecule has 1 aliphatic rings. The number of aromatic nitrogens is 5. The first-order valence-corrected chi connectivity index (χ1v) is 10.5. The van der Waals surface area contributed by atoms with Crippen LogP contribution in [0.1, 0.15) is 30.3 Å². The highest BCUT2D eigenvalue weighted by Crippen LogP contribution is 2.33. The molecular formula is C21H28N6O5. The zero-order chi connectivity index (χ0) is 22.7. The number of hydrogen-bond donors (Lipinski definition) is 2. The third-order valence-electron chi connectivity index (χ3n) is 5.85. The molecule has 32 heavy (non-hydrogen) atoms. The number of nitrogens with one attached hydrogen (secondary N) is 1. The van der Waals surface area contributed by atoms with Crippen LogP contribution in [0, 0.1) is 0 Å². The fraction of sp³-hybridized carbons (Fsp3) is 0.524. The number of H-pyrrole nitrogens is 1. The van der Waals surface area contributed by atoms with Crippen LogP contribution in [0.2, 0.25) is 0 Å². The van der Waals surface area contributed by atoms with Crippen LogP contribution >= 0.6 is 0 Å². The first-order valence-electron chi connectivity index (χ1n) is 10.5. The van der Waals surface area contributed by atoms with Crippen LogP contribution < -0.4 is 15.0 Å². The van der Waals surface area contributed by atoms with Crippen molar-refractivity contribution in [3.05, 3.63) is 39.9 Å². The number of aliphatic hydroxyl groups excluding tert-OH is 1. The van der Waals surface area contributed by atoms with E-state index in [-0.39, 0.29) is 11.7 Å². The highest BCUT2D eigenvalue weighted by atomic mass is 16.5. The van der Waals surface area contributed by atoms with E-state index in [0.29, 0.717) is 67.5 Å². The molecule has 1 aromatic carbocycles. The Morgan fingerprint density at radius 1 is 1.16 bits per heavy atom. The molecule has 3 aromatic rings. The molecule has 1 atom stereocenters. The van der Waals surface area contributed by atoms with Crippen LogP contribution in [0.4, 0.5) is 0 Å². The van der Waals surface area contributed by atoms with Crippen LogP contribution in [0.15, 0.2) is 23.0 Å². The van der Waals surface area contributed by atoms with Gasteiger partial charge in [-0.2, -0.15) is 0 Å². The molecule has 1 fully saturated rings. The Morgan fingerprint density at radius 2 is 1.88 bits per heavy atom. The lowest BCUT2D eigenvalue weighted by atomic mass is 9.99. The molecular weight excluding hydrogens is 416 g/mol. The average Bonchev–Trinajstić information content (AvgIpc) is 3.26. The van der Waals surface area contributed by atoms with Gasteiger partial charge >= 0.3 is 0 Å². The molecule has 2 N–H and O–H groups in total. The molecule has 1 saturated heterocycles. The number of aromatic amines is 1. The molecule has 0 aliphatic carbocycles. The van der Waals surface area contributed by atoms with Gasteiger partial charge in [0.05, 0.1) is 39.0 Å². The lowest BCUT2D eigenvalue weighted by Gasteiger charge is -2.35. The summed E-state index contributed by atoms with van der Waals surface area (Å²) in [5.74, 6) is 1.66. The standard InChI is InChI=1S/C21H28N6O5/c1-30-9-8-27-20(23-24-25-27)19(26-6-4-14(28)5-7-26)15-10-13-11-17(31-2)18(32-3)12-16(13)22-21(15)29/h10-12,14,19,28H,4-9H2,1-3H3,(H,22,29). The highest BCUT2D eigenvalue weighted by Gasteiger charge is 2.32. The first kappa shape index (κ1) is 22.2. The summed E-state index contributed by atoms with van der Waals surface area (Å²) in [5.41, 5.74) is 0.930. The van der Waals surface area contributed by atoms with E-state index in [1.165, 1.54) is 0 Å². The zero-order valence-corrected chi connectivity index (χ0v) is 18.4. The van der Waals surface area contributed by atoms with Crippen molar-refractivity contribution in [2.75, 3.05) is 41.0 Å². The maximum Gasteiger partial charge on any atom is 0.253 e. The summed E-state index contributed by atoms with van der Waals surface area (Å²) >= 11 is 0. The second kappa shape index (κ2) is 9.63. The molecule has 172 valence electrons. The number of pyridine rings is 1. The van der Waals surface area contributed by atoms with Gasteiger partial charge in [-0.1, -0.05) is 0 Å². The smallest absolute Gasteiger partial charge is 0.253 e. The van der Waals surface area contributed by atoms with E-state index in [4.69, 9.17) is 14.2 Å². The van der Waals surface area contributed by atoms with Gasteiger partial charge in [0, 0.05) is 37.2 Å². The molecule has 1 unspecified atom stereocenters. The molecule has 11 heteroatoms. The number of hydrogen-bond acceptors (Lipinski definition) is 9. The monoisotopic (exact) mass is 444 g/mol. The molecule has 0 saturated carbocycles. The summed E-state index contributed by atoms with van der Waals surface area (Å²) in [4.78, 5) is 18.4. The van der Waals surface area contributed by atoms with Crippen molar-refractivity contribution in [2.24, 2.45) is 0 Å². The third kappa shape index (κ3) is 4.31. The number of tetrazole rings is 1. The normalized spacial score (nSPS) is 16.4. The predicted octanol–water partition coefficient (Wildman–Crippen LogP) is 0.724. The molecule has 1 aliphatic heterocycles. The van der Waals surface area contributed by atoms with Crippen molar-refractivity contribution in [1.29, 1.82) is 0 Å². The average molecular weight is 444 g/mol. The van der Waals surface area contributed by atoms with Gasteiger partial charge in [0.1, 0.15) is 6.04 Å². The summed E-state index contributed by atoms with van der Waals surface area (Å²) in [6, 6.07) is 4.95. The largest absolute Gasteiger partial charge is 0.493 e. The van der Waals surface area contributed by atoms with Crippen LogP contribution in [-0.4, -0.2) is 82.3 Å². The number of ether oxygens (including phenoxy) is 3. The molecule has 3 heterocycles. The molecule has 2 aromatic heterocycles. The van der Waals surface area contributed by atoms with E-state index < -0.39 is 6.04 Å². The molecule has 11 nitrogen and oxygen atoms in total. The quantitative estimate of drug-likeness (QED) is 0.517. The lowest BCUT2D eigenvalue weighted by molar-refractivity contribution is 0.0654. The van der Waals surface area contributed by atoms with Crippen LogP contribution in [0.3, 0.4) is 0 Å². The highest BCUT2D eigenvalue weighted by molar-refractivity contribution is 5.83. The van der Waals surface area contributed by atoms with E-state index in [0.717, 1.165) is 5.39 Å². The molecule has 0 spiro atoms. The van der Waals surface area contributed by atoms with Gasteiger partial charge in [0.25, 0.3) is 5.56 Å². The minimum absolute atomic E-state index is 0.234. The minimum Gasteiger partial charge on any atom is -0.493 e. The van der Waals surface area contributed by atoms with Gasteiger partial charge in [-0.25, -0.2) is 4.68 Å². The number of piperidine rings is 1. The Bertz CT molecular complexity index is 1120. The van der Waals surface area contributed by atoms with E-state index in [2.05, 4.69) is 25.4 Å². The van der Waals surface area contributed by atoms with Crippen LogP contribution in [-0.2, 0) is 11.3 Å². The number of methoxy groups -OCH3 is 3. The van der Waals surface area contributed by atoms with Gasteiger partial charge in [0.2, 0.25) is 0 Å². The van der Waals surface area contributed by atoms with Crippen molar-refractivity contribution < 1.29 is 19.3 Å². The zero-order valence-electron chi connectivity index (χ0n) is 18.4. The van der Waals surface area contributed by atoms with E-state index in [1.54, 1.807) is 32.1 Å². The maximum atomic E-state index is 13.3. The predicted molar refractivity (Wildman–Crippen MR) is 116 cm³/mol. The van der Waals surface area contributed by atoms with Crippen LogP contribution in [0.5, 0.6) is 11.5 Å². The van der Waals surface area contributed by atoms with Crippen LogP contribution in [0.25, 0.3) is 10.9 Å². The Hall–Kier alpha value is -3.02. The molecule has 0 amide bonds. The van der Waals surface area contributed by atoms with Crippen molar-refractivity contribution in [3.8, 4) is 11.5 Å². The fourth-order valence-electron chi connectivity index (χ4n) is 4.14. The van der Waals surface area contributed by atoms with E-state index in [1.807, 2.05) is 12.1 Å². The Labute approximate surface area is 184 Å². The van der Waals surface area contributed by atoms with Gasteiger partial charge in [-0.3, -0.25) is 9.69 Å². The van der Waals surface area contributed by atoms with Crippen molar-refractivity contribution in [3.63, 3.8) is 0 Å². The summed E-state index contributed by atoms with van der Waals surface area (Å²) in [6.45, 7) is 2.13. The number of aliphatic hydroxyl groups is 1. The first-order chi connectivity index (χ1) is 15.5. The summed E-state index contributed by atoms with van der Waals surface area (Å²) in [5, 5.41) is 23.0. The van der Waals surface area contributed by atoms with Gasteiger partial charge in [-0.15, -0.1) is 5.10 Å². The summed E-state index contributed by atoms with van der Waals surface area (Å²) in [7, 11) is 4.74. The molecule has 4 rings (SSSR count). The number of likely N-dealkylation sites (tertiary alicyclic amines) is 1. The number of nitrogens with zero attached hydrogens (tertiary/aromatic N) is 5. The summed E-state index contributed by atoms with van der Waals surface area (Å²) in [6.07, 6.45) is 0.891. The Balaban J connectivity index is 1.84. The number of rotatable bonds is 8. The number of fused-ring (bicyclic) bond motifs is 1. The maximum absolute atomic E-state index is 13.3. The summed E-state index contributed by atoms with van der Waals surface area (Å²) < 4.78 is 17.6. The second-order valence-electron chi connectivity index (χ2n) is 7.77. The lowest BCUT2D eigenvalue weighted by Crippen LogP contribution is -2.41. The Morgan fingerprint density at radius 3 is 2.56 bits per heavy atom. The van der Waals surface area contributed by atoms with Crippen molar-refractivity contribution >= 4 is 10.9 Å². The van der Waals surface area contributed by atoms with Gasteiger partial charge < -0.3 is 24.3 Å². The number of benzene rings is 1. The molecule has 0 radical (unpaired) electrons. The topological polar surface area (TPSA) is 128 Å². The van der Waals surface area contributed by atoms with Gasteiger partial charge in [-0.05, 0) is 35.4 Å². The third-order valence-corrected chi connectivity index (χ3v) is 5.85. The minimum atomic E-state index is -0.476.